The van der Waals surface area contributed by atoms with E-state index in [9.17, 15) is 9.90 Å². The van der Waals surface area contributed by atoms with Crippen LogP contribution >= 0.6 is 0 Å². The van der Waals surface area contributed by atoms with Crippen molar-refractivity contribution in [3.05, 3.63) is 0 Å². The fourth-order valence-corrected chi connectivity index (χ4v) is 90.2. The summed E-state index contributed by atoms with van der Waals surface area (Å²) >= 11 is 0. The zero-order chi connectivity index (χ0) is 10.9. The second-order valence-electron chi connectivity index (χ2n) is 10.9. The predicted octanol–water partition coefficient (Wildman–Crippen LogP) is 2.35. The molecule has 0 bridgehead atoms. The molecule has 0 aromatic carbocycles. The second kappa shape index (κ2) is 0.494. The summed E-state index contributed by atoms with van der Waals surface area (Å²) in [6.45, 7) is -1.16. The molecule has 3 nitrogen and oxygen atoms in total. The molecular weight excluding hydrogens is 258 g/mol. The van der Waals surface area contributed by atoms with Crippen LogP contribution in [0.15, 0.2) is 0 Å². The summed E-state index contributed by atoms with van der Waals surface area (Å²) in [5.74, 6) is -0.624. The SMILES string of the molecule is CC(N[C]12[CH]3[CH]4[CH]5[CH]1[Fe]45321678[CH]2[CH]1[CH]6[CH]7[CH]28)C(=O)O. The van der Waals surface area contributed by atoms with E-state index in [-0.39, 0.29) is 6.04 Å². The third-order valence-corrected chi connectivity index (χ3v) is 57.7. The summed E-state index contributed by atoms with van der Waals surface area (Å²) in [5, 5.41) is 13.0. The van der Waals surface area contributed by atoms with Crippen LogP contribution in [0.4, 0.5) is 0 Å². The molecule has 5 atom stereocenters. The number of carboxylic acids is 1. The summed E-state index contributed by atoms with van der Waals surface area (Å²) in [4.78, 5) is 22.5. The van der Waals surface area contributed by atoms with E-state index in [1.54, 1.807) is 0 Å². The molecule has 10 saturated heterocycles. The number of carbonyl (C=O) groups is 1. The first-order valence-electron chi connectivity index (χ1n) is 7.09. The van der Waals surface area contributed by atoms with E-state index in [4.69, 9.17) is 0 Å². The Balaban J connectivity index is 1.48. The first kappa shape index (κ1) is 6.40. The molecule has 0 aromatic rings. The Labute approximate surface area is 88.6 Å². The van der Waals surface area contributed by atoms with Crippen molar-refractivity contribution in [1.29, 1.82) is 0 Å². The van der Waals surface area contributed by atoms with Crippen molar-refractivity contribution in [3.8, 4) is 0 Å². The molecule has 4 heteroatoms. The number of aliphatic carboxylic acids is 1. The summed E-state index contributed by atoms with van der Waals surface area (Å²) in [6, 6.07) is -0.283. The zero-order valence-electron chi connectivity index (χ0n) is 9.48. The number of carboxylic acid groups (broad SMARTS) is 1. The molecule has 5 unspecified atom stereocenters. The molecule has 10 aliphatic heterocycles. The van der Waals surface area contributed by atoms with E-state index in [1.807, 2.05) is 6.92 Å². The zero-order valence-corrected chi connectivity index (χ0v) is 10.6. The average Bonchev–Trinajstić information content (AvgIpc) is 3.23. The van der Waals surface area contributed by atoms with Crippen molar-refractivity contribution in [3.63, 3.8) is 0 Å². The van der Waals surface area contributed by atoms with Gasteiger partial charge in [-0.15, -0.1) is 0 Å². The van der Waals surface area contributed by atoms with Gasteiger partial charge in [0.25, 0.3) is 0 Å². The number of hydrogen-bond donors (Lipinski definition) is 2. The van der Waals surface area contributed by atoms with Crippen molar-refractivity contribution in [1.82, 2.24) is 5.32 Å². The fourth-order valence-electron chi connectivity index (χ4n) is 17.0. The van der Waals surface area contributed by atoms with Crippen LogP contribution in [0.3, 0.4) is 0 Å². The van der Waals surface area contributed by atoms with Gasteiger partial charge in [0.15, 0.2) is 0 Å². The van der Waals surface area contributed by atoms with Crippen LogP contribution in [0.5, 0.6) is 0 Å². The van der Waals surface area contributed by atoms with E-state index in [1.165, 1.54) is 33.7 Å². The Bertz CT molecular complexity index is 916. The predicted molar refractivity (Wildman–Crippen MR) is 56.7 cm³/mol. The van der Waals surface area contributed by atoms with Gasteiger partial charge in [-0.25, -0.2) is 0 Å². The number of rotatable bonds is 3. The topological polar surface area (TPSA) is 49.3 Å². The first-order chi connectivity index (χ1) is 7.87. The molecule has 17 heavy (non-hydrogen) atoms. The van der Waals surface area contributed by atoms with Crippen molar-refractivity contribution < 1.29 is 16.4 Å². The Morgan fingerprint density at radius 1 is 1.12 bits per heavy atom. The normalized spacial score (nSPS) is 121. The molecule has 10 heterocycles. The summed E-state index contributed by atoms with van der Waals surface area (Å²) in [7, 11) is 0. The van der Waals surface area contributed by atoms with Crippen LogP contribution in [-0.4, -0.2) is 21.6 Å². The van der Waals surface area contributed by atoms with Crippen molar-refractivity contribution in [2.75, 3.05) is 0 Å². The molecule has 0 saturated carbocycles. The van der Waals surface area contributed by atoms with Crippen LogP contribution in [0.1, 0.15) is 6.92 Å². The summed E-state index contributed by atoms with van der Waals surface area (Å²) < 4.78 is 0.566. The van der Waals surface area contributed by atoms with E-state index in [2.05, 4.69) is 5.32 Å². The third kappa shape index (κ3) is 0.0630. The Hall–Kier alpha value is -0.0505. The van der Waals surface area contributed by atoms with Gasteiger partial charge in [0.1, 0.15) is 0 Å². The first-order valence-corrected chi connectivity index (χ1v) is 13.4. The van der Waals surface area contributed by atoms with Gasteiger partial charge in [-0.3, -0.25) is 0 Å². The standard InChI is InChI=1S/C8H10NO2.C5H5.Fe/c1-6(8(10)11)9-7-4-2-3-5-7;1-2-4-5-3-1;/h2-6,9H,1H3,(H,10,11);1-5H;. The number of fused-ring (bicyclic) bond motifs is 10. The van der Waals surface area contributed by atoms with Gasteiger partial charge in [-0.2, -0.15) is 0 Å². The van der Waals surface area contributed by atoms with Crippen LogP contribution < -0.4 is 5.32 Å². The average molecular weight is 273 g/mol. The minimum absolute atomic E-state index is 0.283. The minimum atomic E-state index is -3.04. The molecule has 0 radical (unpaired) electrons. The van der Waals surface area contributed by atoms with E-state index in [0.29, 0.717) is 4.44 Å². The molecule has 0 amide bonds. The quantitative estimate of drug-likeness (QED) is 0.776. The number of nitrogens with one attached hydrogen (secondary N) is 1. The van der Waals surface area contributed by atoms with Crippen molar-refractivity contribution in [2.45, 2.75) is 60.7 Å². The monoisotopic (exact) mass is 273 g/mol. The van der Waals surface area contributed by atoms with Gasteiger partial charge in [-0.05, 0) is 0 Å². The molecule has 92 valence electrons. The maximum absolute atomic E-state index is 11.2. The van der Waals surface area contributed by atoms with Gasteiger partial charge in [0, 0.05) is 0 Å². The molecule has 0 aromatic heterocycles. The Kier molecular flexibility index (Phi) is 0.186. The van der Waals surface area contributed by atoms with Crippen molar-refractivity contribution >= 4 is 5.97 Å². The summed E-state index contributed by atoms with van der Waals surface area (Å²) in [5.41, 5.74) is 0. The molecule has 10 aliphatic rings. The van der Waals surface area contributed by atoms with Crippen molar-refractivity contribution in [2.24, 2.45) is 0 Å². The van der Waals surface area contributed by atoms with Gasteiger partial charge in [0.05, 0.1) is 0 Å². The molecule has 10 fully saturated rings. The molecular formula is C13H15FeNO2. The third-order valence-electron chi connectivity index (χ3n) is 15.5. The van der Waals surface area contributed by atoms with Crippen LogP contribution in [0.2, 0.25) is 43.3 Å². The fraction of sp³-hybridized carbons (Fsp3) is 0.923. The van der Waals surface area contributed by atoms with Gasteiger partial charge < -0.3 is 0 Å². The number of hydrogen-bond acceptors (Lipinski definition) is 2. The molecule has 10 rings (SSSR count). The van der Waals surface area contributed by atoms with E-state index in [0.717, 1.165) is 9.63 Å². The summed E-state index contributed by atoms with van der Waals surface area (Å²) in [6.07, 6.45) is 0. The van der Waals surface area contributed by atoms with Gasteiger partial charge in [-0.1, -0.05) is 0 Å². The van der Waals surface area contributed by atoms with Gasteiger partial charge in [0.2, 0.25) is 0 Å². The molecule has 0 aliphatic carbocycles. The Morgan fingerprint density at radius 3 is 1.82 bits per heavy atom. The second-order valence-corrected chi connectivity index (χ2v) is 34.4. The van der Waals surface area contributed by atoms with Gasteiger partial charge >= 0.3 is 88.4 Å². The maximum atomic E-state index is 11.2. The molecule has 1 spiro atoms. The Morgan fingerprint density at radius 2 is 1.59 bits per heavy atom. The van der Waals surface area contributed by atoms with Crippen LogP contribution in [0, 0.1) is 0 Å². The van der Waals surface area contributed by atoms with E-state index < -0.39 is 12.5 Å². The van der Waals surface area contributed by atoms with Crippen LogP contribution in [0.25, 0.3) is 0 Å². The molecule has 2 N–H and O–H groups in total. The van der Waals surface area contributed by atoms with E-state index >= 15 is 0 Å². The van der Waals surface area contributed by atoms with Crippen LogP contribution in [-0.2, 0) is 11.3 Å².